The first kappa shape index (κ1) is 29.0. The maximum Gasteiger partial charge on any atom is -0.00199 e. The van der Waals surface area contributed by atoms with Crippen molar-refractivity contribution < 1.29 is 0 Å². The van der Waals surface area contributed by atoms with Crippen LogP contribution in [0.2, 0.25) is 0 Å². The Bertz CT molecular complexity index is 3230. The Labute approximate surface area is 301 Å². The molecule has 0 aliphatic rings. The average Bonchev–Trinajstić information content (AvgIpc) is 3.22. The van der Waals surface area contributed by atoms with Gasteiger partial charge in [0.1, 0.15) is 0 Å². The van der Waals surface area contributed by atoms with Gasteiger partial charge in [0.15, 0.2) is 0 Å². The number of rotatable bonds is 3. The minimum absolute atomic E-state index is 1.24. The van der Waals surface area contributed by atoms with Crippen LogP contribution in [0.15, 0.2) is 194 Å². The molecule has 0 fully saturated rings. The predicted octanol–water partition coefficient (Wildman–Crippen LogP) is 14.8. The van der Waals surface area contributed by atoms with E-state index in [1.54, 1.807) is 0 Å². The summed E-state index contributed by atoms with van der Waals surface area (Å²) in [5.74, 6) is 0. The van der Waals surface area contributed by atoms with Gasteiger partial charge in [0.2, 0.25) is 0 Å². The normalized spacial score (nSPS) is 11.8. The van der Waals surface area contributed by atoms with Crippen molar-refractivity contribution in [1.29, 1.82) is 0 Å². The zero-order chi connectivity index (χ0) is 34.2. The van der Waals surface area contributed by atoms with Crippen LogP contribution in [0.4, 0.5) is 0 Å². The van der Waals surface area contributed by atoms with E-state index in [0.717, 1.165) is 0 Å². The van der Waals surface area contributed by atoms with Gasteiger partial charge in [-0.2, -0.15) is 0 Å². The van der Waals surface area contributed by atoms with Crippen molar-refractivity contribution in [2.45, 2.75) is 0 Å². The van der Waals surface area contributed by atoms with Crippen molar-refractivity contribution in [3.8, 4) is 33.4 Å². The van der Waals surface area contributed by atoms with Crippen LogP contribution in [0.3, 0.4) is 0 Å². The number of benzene rings is 11. The molecule has 0 nitrogen and oxygen atoms in total. The van der Waals surface area contributed by atoms with Crippen LogP contribution >= 0.6 is 0 Å². The van der Waals surface area contributed by atoms with E-state index >= 15 is 0 Å². The van der Waals surface area contributed by atoms with Gasteiger partial charge in [0, 0.05) is 0 Å². The van der Waals surface area contributed by atoms with E-state index in [9.17, 15) is 0 Å². The standard InChI is InChI=1S/C52H32/c1-7-18-39-33(11-1)15-9-22-47(39)51-40-19-8-4-14-36(40)25-28-50(51)52-48-27-24-35-13-3-6-17-38(35)44(48)31-32-49(52)42-21-10-20-41-45-26-23-34-12-2-5-16-37(34)43(45)29-30-46(41)42/h1-32H. The minimum atomic E-state index is 1.24. The van der Waals surface area contributed by atoms with Crippen molar-refractivity contribution in [3.05, 3.63) is 194 Å². The maximum atomic E-state index is 2.38. The van der Waals surface area contributed by atoms with Gasteiger partial charge in [-0.1, -0.05) is 194 Å². The maximum absolute atomic E-state index is 2.38. The Morgan fingerprint density at radius 1 is 0.154 bits per heavy atom. The first-order valence-corrected chi connectivity index (χ1v) is 18.1. The lowest BCUT2D eigenvalue weighted by atomic mass is 9.81. The summed E-state index contributed by atoms with van der Waals surface area (Å²) in [5, 5.41) is 17.8. The molecule has 0 aromatic heterocycles. The summed E-state index contributed by atoms with van der Waals surface area (Å²) in [7, 11) is 0. The molecular weight excluding hydrogens is 625 g/mol. The van der Waals surface area contributed by atoms with Crippen LogP contribution in [0.5, 0.6) is 0 Å². The molecule has 0 heteroatoms. The smallest absolute Gasteiger partial charge is 0.00199 e. The Morgan fingerprint density at radius 2 is 0.538 bits per heavy atom. The van der Waals surface area contributed by atoms with E-state index in [4.69, 9.17) is 0 Å². The van der Waals surface area contributed by atoms with E-state index in [1.165, 1.54) is 109 Å². The Balaban J connectivity index is 1.30. The molecule has 0 heterocycles. The third-order valence-electron chi connectivity index (χ3n) is 11.3. The monoisotopic (exact) mass is 656 g/mol. The van der Waals surface area contributed by atoms with Gasteiger partial charge in [-0.3, -0.25) is 0 Å². The van der Waals surface area contributed by atoms with Crippen LogP contribution in [0.25, 0.3) is 109 Å². The predicted molar refractivity (Wildman–Crippen MR) is 225 cm³/mol. The third-order valence-corrected chi connectivity index (χ3v) is 11.3. The molecule has 52 heavy (non-hydrogen) atoms. The summed E-state index contributed by atoms with van der Waals surface area (Å²) in [4.78, 5) is 0. The van der Waals surface area contributed by atoms with Gasteiger partial charge < -0.3 is 0 Å². The molecule has 0 saturated carbocycles. The van der Waals surface area contributed by atoms with Crippen LogP contribution in [0, 0.1) is 0 Å². The second kappa shape index (κ2) is 11.4. The van der Waals surface area contributed by atoms with Gasteiger partial charge in [0.25, 0.3) is 0 Å². The molecule has 0 saturated heterocycles. The molecule has 0 aliphatic carbocycles. The molecule has 0 N–H and O–H groups in total. The summed E-state index contributed by atoms with van der Waals surface area (Å²) < 4.78 is 0. The largest absolute Gasteiger partial charge is 0.0616 e. The summed E-state index contributed by atoms with van der Waals surface area (Å²) in [6.07, 6.45) is 0. The van der Waals surface area contributed by atoms with Crippen LogP contribution in [-0.2, 0) is 0 Å². The van der Waals surface area contributed by atoms with E-state index < -0.39 is 0 Å². The van der Waals surface area contributed by atoms with Crippen molar-refractivity contribution in [2.75, 3.05) is 0 Å². The summed E-state index contributed by atoms with van der Waals surface area (Å²) in [6.45, 7) is 0. The highest BCUT2D eigenvalue weighted by molar-refractivity contribution is 6.23. The van der Waals surface area contributed by atoms with Crippen LogP contribution in [0.1, 0.15) is 0 Å². The van der Waals surface area contributed by atoms with Gasteiger partial charge in [0.05, 0.1) is 0 Å². The highest BCUT2D eigenvalue weighted by Crippen LogP contribution is 2.49. The Kier molecular flexibility index (Phi) is 6.35. The van der Waals surface area contributed by atoms with Crippen LogP contribution < -0.4 is 0 Å². The van der Waals surface area contributed by atoms with Crippen molar-refractivity contribution >= 4 is 75.4 Å². The fraction of sp³-hybridized carbons (Fsp3) is 0. The third kappa shape index (κ3) is 4.28. The zero-order valence-corrected chi connectivity index (χ0v) is 28.5. The molecule has 11 aromatic rings. The van der Waals surface area contributed by atoms with E-state index in [-0.39, 0.29) is 0 Å². The molecule has 0 aliphatic heterocycles. The minimum Gasteiger partial charge on any atom is -0.0616 e. The summed E-state index contributed by atoms with van der Waals surface area (Å²) >= 11 is 0. The molecule has 0 amide bonds. The first-order valence-electron chi connectivity index (χ1n) is 18.1. The van der Waals surface area contributed by atoms with Crippen LogP contribution in [-0.4, -0.2) is 0 Å². The van der Waals surface area contributed by atoms with Crippen molar-refractivity contribution in [3.63, 3.8) is 0 Å². The van der Waals surface area contributed by atoms with E-state index in [0.29, 0.717) is 0 Å². The molecule has 11 rings (SSSR count). The van der Waals surface area contributed by atoms with Crippen molar-refractivity contribution in [2.24, 2.45) is 0 Å². The SMILES string of the molecule is c1ccc2c(-c3c(-c4c(-c5cccc6c5ccc5c7ccccc7ccc65)ccc5c4ccc4ccccc45)ccc4ccccc34)cccc2c1. The number of hydrogen-bond acceptors (Lipinski definition) is 0. The number of hydrogen-bond donors (Lipinski definition) is 0. The highest BCUT2D eigenvalue weighted by atomic mass is 14.2. The molecule has 0 radical (unpaired) electrons. The second-order valence-electron chi connectivity index (χ2n) is 14.0. The highest BCUT2D eigenvalue weighted by Gasteiger charge is 2.21. The van der Waals surface area contributed by atoms with Gasteiger partial charge >= 0.3 is 0 Å². The first-order chi connectivity index (χ1) is 25.8. The molecule has 0 unspecified atom stereocenters. The quantitative estimate of drug-likeness (QED) is 0.166. The molecule has 0 bridgehead atoms. The second-order valence-corrected chi connectivity index (χ2v) is 14.0. The summed E-state index contributed by atoms with van der Waals surface area (Å²) in [5.41, 5.74) is 7.52. The lowest BCUT2D eigenvalue weighted by Crippen LogP contribution is -1.94. The fourth-order valence-electron chi connectivity index (χ4n) is 8.91. The fourth-order valence-corrected chi connectivity index (χ4v) is 8.91. The van der Waals surface area contributed by atoms with E-state index in [2.05, 4.69) is 194 Å². The van der Waals surface area contributed by atoms with Gasteiger partial charge in [-0.15, -0.1) is 0 Å². The molecule has 0 spiro atoms. The molecule has 240 valence electrons. The summed E-state index contributed by atoms with van der Waals surface area (Å²) in [6, 6.07) is 72.1. The molecule has 0 atom stereocenters. The Hall–Kier alpha value is -6.76. The topological polar surface area (TPSA) is 0 Å². The zero-order valence-electron chi connectivity index (χ0n) is 28.5. The van der Waals surface area contributed by atoms with Crippen molar-refractivity contribution in [1.82, 2.24) is 0 Å². The lowest BCUT2D eigenvalue weighted by molar-refractivity contribution is 1.64. The Morgan fingerprint density at radius 3 is 1.29 bits per heavy atom. The van der Waals surface area contributed by atoms with Gasteiger partial charge in [-0.25, -0.2) is 0 Å². The molecular formula is C52H32. The number of fused-ring (bicyclic) bond motifs is 10. The van der Waals surface area contributed by atoms with Gasteiger partial charge in [-0.05, 0) is 109 Å². The average molecular weight is 657 g/mol. The lowest BCUT2D eigenvalue weighted by Gasteiger charge is -2.22. The van der Waals surface area contributed by atoms with E-state index in [1.807, 2.05) is 0 Å². The molecule has 11 aromatic carbocycles.